The Labute approximate surface area is 161 Å². The number of hydrogen-bond acceptors (Lipinski definition) is 4. The van der Waals surface area contributed by atoms with Gasteiger partial charge in [-0.1, -0.05) is 24.9 Å². The topological polar surface area (TPSA) is 63.3 Å². The Hall–Kier alpha value is -1.50. The van der Waals surface area contributed by atoms with Gasteiger partial charge in [0.05, 0.1) is 26.4 Å². The van der Waals surface area contributed by atoms with Gasteiger partial charge in [-0.25, -0.2) is 0 Å². The van der Waals surface area contributed by atoms with Crippen molar-refractivity contribution < 1.29 is 9.47 Å². The van der Waals surface area contributed by atoms with Gasteiger partial charge in [-0.2, -0.15) is 0 Å². The van der Waals surface area contributed by atoms with E-state index in [1.807, 2.05) is 12.1 Å². The maximum atomic E-state index is 6.11. The molecule has 1 fully saturated rings. The zero-order chi connectivity index (χ0) is 18.6. The number of halogens is 1. The van der Waals surface area contributed by atoms with Crippen molar-refractivity contribution in [1.82, 2.24) is 4.90 Å². The Morgan fingerprint density at radius 1 is 1.04 bits per heavy atom. The molecule has 146 valence electrons. The highest BCUT2D eigenvalue weighted by atomic mass is 35.5. The molecule has 0 radical (unpaired) electrons. The Bertz CT molecular complexity index is 531. The molecule has 1 heterocycles. The van der Waals surface area contributed by atoms with Crippen molar-refractivity contribution in [3.8, 4) is 0 Å². The van der Waals surface area contributed by atoms with Gasteiger partial charge in [0.25, 0.3) is 0 Å². The molecule has 0 atom stereocenters. The first kappa shape index (κ1) is 20.8. The molecule has 2 N–H and O–H groups in total. The van der Waals surface area contributed by atoms with Crippen molar-refractivity contribution in [3.63, 3.8) is 0 Å². The van der Waals surface area contributed by atoms with E-state index in [1.54, 1.807) is 0 Å². The number of hydrogen-bond donors (Lipinski definition) is 1. The van der Waals surface area contributed by atoms with Crippen LogP contribution < -0.4 is 10.6 Å². The number of rotatable bonds is 10. The van der Waals surface area contributed by atoms with Gasteiger partial charge in [0.2, 0.25) is 0 Å². The number of unbranched alkanes of at least 4 members (excludes halogenated alkanes) is 1. The zero-order valence-corrected chi connectivity index (χ0v) is 16.5. The smallest absolute Gasteiger partial charge is 0.191 e. The third-order valence-electron chi connectivity index (χ3n) is 4.32. The first-order valence-electron chi connectivity index (χ1n) is 9.41. The molecule has 1 aromatic carbocycles. The van der Waals surface area contributed by atoms with E-state index < -0.39 is 0 Å². The lowest BCUT2D eigenvalue weighted by Gasteiger charge is -2.36. The van der Waals surface area contributed by atoms with Gasteiger partial charge in [-0.15, -0.1) is 0 Å². The van der Waals surface area contributed by atoms with E-state index in [-0.39, 0.29) is 0 Å². The largest absolute Gasteiger partial charge is 0.379 e. The Kier molecular flexibility index (Phi) is 9.60. The van der Waals surface area contributed by atoms with Gasteiger partial charge in [0.15, 0.2) is 5.96 Å². The lowest BCUT2D eigenvalue weighted by molar-refractivity contribution is 0.0497. The number of aliphatic imine (C=N–C) groups is 1. The standard InChI is InChI=1S/C19H31ClN4O2/c1-2-3-13-25-15-16-26-14-8-22-19(21)24-11-9-23(10-12-24)18-6-4-17(20)5-7-18/h4-7H,2-3,8-16H2,1H3,(H2,21,22). The van der Waals surface area contributed by atoms with E-state index in [2.05, 4.69) is 33.8 Å². The summed E-state index contributed by atoms with van der Waals surface area (Å²) >= 11 is 5.95. The van der Waals surface area contributed by atoms with E-state index in [0.29, 0.717) is 32.3 Å². The number of anilines is 1. The van der Waals surface area contributed by atoms with E-state index in [0.717, 1.165) is 50.7 Å². The highest BCUT2D eigenvalue weighted by Crippen LogP contribution is 2.19. The average Bonchev–Trinajstić information content (AvgIpc) is 2.67. The molecular weight excluding hydrogens is 352 g/mol. The van der Waals surface area contributed by atoms with E-state index >= 15 is 0 Å². The van der Waals surface area contributed by atoms with Gasteiger partial charge in [0, 0.05) is 43.5 Å². The van der Waals surface area contributed by atoms with Crippen molar-refractivity contribution in [1.29, 1.82) is 0 Å². The van der Waals surface area contributed by atoms with Crippen LogP contribution in [0.25, 0.3) is 0 Å². The molecule has 0 unspecified atom stereocenters. The van der Waals surface area contributed by atoms with Crippen molar-refractivity contribution in [3.05, 3.63) is 29.3 Å². The summed E-state index contributed by atoms with van der Waals surface area (Å²) in [5.74, 6) is 0.601. The zero-order valence-electron chi connectivity index (χ0n) is 15.7. The molecule has 7 heteroatoms. The molecule has 0 aromatic heterocycles. The van der Waals surface area contributed by atoms with Crippen LogP contribution in [0, 0.1) is 0 Å². The molecule has 0 bridgehead atoms. The molecule has 1 saturated heterocycles. The summed E-state index contributed by atoms with van der Waals surface area (Å²) in [6.45, 7) is 8.94. The van der Waals surface area contributed by atoms with Crippen LogP contribution in [-0.4, -0.2) is 70.0 Å². The average molecular weight is 383 g/mol. The second-order valence-corrected chi connectivity index (χ2v) is 6.71. The monoisotopic (exact) mass is 382 g/mol. The number of nitrogens with two attached hydrogens (primary N) is 1. The Balaban J connectivity index is 1.59. The number of guanidine groups is 1. The highest BCUT2D eigenvalue weighted by molar-refractivity contribution is 6.30. The van der Waals surface area contributed by atoms with Crippen molar-refractivity contribution in [2.24, 2.45) is 10.7 Å². The second-order valence-electron chi connectivity index (χ2n) is 6.27. The summed E-state index contributed by atoms with van der Waals surface area (Å²) in [7, 11) is 0. The summed E-state index contributed by atoms with van der Waals surface area (Å²) in [5, 5.41) is 0.763. The lowest BCUT2D eigenvalue weighted by Crippen LogP contribution is -2.51. The Morgan fingerprint density at radius 2 is 1.69 bits per heavy atom. The molecule has 26 heavy (non-hydrogen) atoms. The fourth-order valence-corrected chi connectivity index (χ4v) is 2.86. The maximum Gasteiger partial charge on any atom is 0.191 e. The van der Waals surface area contributed by atoms with Crippen LogP contribution in [0.2, 0.25) is 5.02 Å². The van der Waals surface area contributed by atoms with Crippen LogP contribution in [0.15, 0.2) is 29.3 Å². The summed E-state index contributed by atoms with van der Waals surface area (Å²) in [4.78, 5) is 8.88. The minimum absolute atomic E-state index is 0.572. The summed E-state index contributed by atoms with van der Waals surface area (Å²) in [5.41, 5.74) is 7.30. The van der Waals surface area contributed by atoms with E-state index in [1.165, 1.54) is 5.69 Å². The summed E-state index contributed by atoms with van der Waals surface area (Å²) in [6, 6.07) is 7.96. The molecule has 0 amide bonds. The van der Waals surface area contributed by atoms with Crippen LogP contribution in [0.1, 0.15) is 19.8 Å². The van der Waals surface area contributed by atoms with Crippen LogP contribution in [0.4, 0.5) is 5.69 Å². The van der Waals surface area contributed by atoms with Crippen molar-refractivity contribution in [2.75, 3.05) is 64.1 Å². The van der Waals surface area contributed by atoms with Crippen molar-refractivity contribution >= 4 is 23.2 Å². The third kappa shape index (κ3) is 7.40. The molecule has 0 spiro atoms. The molecule has 6 nitrogen and oxygen atoms in total. The predicted octanol–water partition coefficient (Wildman–Crippen LogP) is 2.61. The number of piperazine rings is 1. The summed E-state index contributed by atoms with van der Waals surface area (Å²) < 4.78 is 11.0. The summed E-state index contributed by atoms with van der Waals surface area (Å²) in [6.07, 6.45) is 2.26. The molecular formula is C19H31ClN4O2. The molecule has 1 aliphatic heterocycles. The maximum absolute atomic E-state index is 6.11. The highest BCUT2D eigenvalue weighted by Gasteiger charge is 2.18. The fourth-order valence-electron chi connectivity index (χ4n) is 2.74. The minimum Gasteiger partial charge on any atom is -0.379 e. The predicted molar refractivity (Wildman–Crippen MR) is 108 cm³/mol. The van der Waals surface area contributed by atoms with Gasteiger partial charge >= 0.3 is 0 Å². The van der Waals surface area contributed by atoms with Crippen LogP contribution in [0.3, 0.4) is 0 Å². The van der Waals surface area contributed by atoms with Gasteiger partial charge in [-0.05, 0) is 30.7 Å². The van der Waals surface area contributed by atoms with Crippen LogP contribution in [0.5, 0.6) is 0 Å². The SMILES string of the molecule is CCCCOCCOCCN=C(N)N1CCN(c2ccc(Cl)cc2)CC1. The Morgan fingerprint density at radius 3 is 2.35 bits per heavy atom. The quantitative estimate of drug-likeness (QED) is 0.383. The molecule has 0 aliphatic carbocycles. The molecule has 2 rings (SSSR count). The lowest BCUT2D eigenvalue weighted by atomic mass is 10.2. The normalized spacial score (nSPS) is 15.5. The van der Waals surface area contributed by atoms with E-state index in [4.69, 9.17) is 26.8 Å². The van der Waals surface area contributed by atoms with E-state index in [9.17, 15) is 0 Å². The number of ether oxygens (including phenoxy) is 2. The minimum atomic E-state index is 0.572. The second kappa shape index (κ2) is 12.0. The van der Waals surface area contributed by atoms with Crippen LogP contribution >= 0.6 is 11.6 Å². The molecule has 1 aliphatic rings. The van der Waals surface area contributed by atoms with Gasteiger partial charge in [0.1, 0.15) is 0 Å². The van der Waals surface area contributed by atoms with Crippen molar-refractivity contribution in [2.45, 2.75) is 19.8 Å². The molecule has 1 aromatic rings. The van der Waals surface area contributed by atoms with Gasteiger partial charge in [-0.3, -0.25) is 4.99 Å². The first-order valence-corrected chi connectivity index (χ1v) is 9.79. The molecule has 0 saturated carbocycles. The fraction of sp³-hybridized carbons (Fsp3) is 0.632. The first-order chi connectivity index (χ1) is 12.7. The van der Waals surface area contributed by atoms with Crippen LogP contribution in [-0.2, 0) is 9.47 Å². The third-order valence-corrected chi connectivity index (χ3v) is 4.57. The van der Waals surface area contributed by atoms with Gasteiger partial charge < -0.3 is 25.0 Å². The number of nitrogens with zero attached hydrogens (tertiary/aromatic N) is 3. The number of benzene rings is 1.